The van der Waals surface area contributed by atoms with Gasteiger partial charge in [-0.1, -0.05) is 34.5 Å². The van der Waals surface area contributed by atoms with Crippen LogP contribution in [0.25, 0.3) is 0 Å². The van der Waals surface area contributed by atoms with Crippen molar-refractivity contribution < 1.29 is 0 Å². The van der Waals surface area contributed by atoms with E-state index in [0.29, 0.717) is 6.04 Å². The fraction of sp³-hybridized carbons (Fsp3) is 0.538. The highest BCUT2D eigenvalue weighted by molar-refractivity contribution is 9.10. The molecule has 1 fully saturated rings. The minimum atomic E-state index is 0.568. The Morgan fingerprint density at radius 3 is 2.27 bits per heavy atom. The number of hydrogen-bond donors (Lipinski definition) is 0. The van der Waals surface area contributed by atoms with Crippen LogP contribution in [0.2, 0.25) is 0 Å². The summed E-state index contributed by atoms with van der Waals surface area (Å²) < 4.78 is 1.16. The number of nitrogens with zero attached hydrogens (tertiary/aromatic N) is 1. The average molecular weight is 268 g/mol. The van der Waals surface area contributed by atoms with E-state index in [1.165, 1.54) is 37.9 Å². The molecule has 0 bridgehead atoms. The first-order chi connectivity index (χ1) is 7.27. The number of benzene rings is 1. The van der Waals surface area contributed by atoms with Gasteiger partial charge in [-0.15, -0.1) is 0 Å². The summed E-state index contributed by atoms with van der Waals surface area (Å²) in [5.41, 5.74) is 1.43. The second-order valence-corrected chi connectivity index (χ2v) is 5.24. The van der Waals surface area contributed by atoms with Gasteiger partial charge in [0.25, 0.3) is 0 Å². The molecule has 0 spiro atoms. The number of piperidine rings is 1. The number of hydrogen-bond acceptors (Lipinski definition) is 1. The Bertz CT molecular complexity index is 301. The molecule has 15 heavy (non-hydrogen) atoms. The normalized spacial score (nSPS) is 20.1. The Morgan fingerprint density at radius 1 is 1.07 bits per heavy atom. The van der Waals surface area contributed by atoms with Crippen LogP contribution in [0.4, 0.5) is 0 Å². The third kappa shape index (κ3) is 2.82. The highest BCUT2D eigenvalue weighted by Gasteiger charge is 2.17. The minimum Gasteiger partial charge on any atom is -0.297 e. The molecule has 0 aromatic heterocycles. The fourth-order valence-corrected chi connectivity index (χ4v) is 2.52. The van der Waals surface area contributed by atoms with Crippen LogP contribution < -0.4 is 0 Å². The van der Waals surface area contributed by atoms with Gasteiger partial charge in [0.15, 0.2) is 0 Å². The lowest BCUT2D eigenvalue weighted by Crippen LogP contribution is -2.32. The summed E-state index contributed by atoms with van der Waals surface area (Å²) in [6, 6.07) is 9.29. The highest BCUT2D eigenvalue weighted by Crippen LogP contribution is 2.24. The lowest BCUT2D eigenvalue weighted by Gasteiger charge is -2.32. The molecular weight excluding hydrogens is 250 g/mol. The molecule has 1 saturated heterocycles. The van der Waals surface area contributed by atoms with Crippen LogP contribution in [0.1, 0.15) is 37.8 Å². The molecule has 0 aliphatic carbocycles. The Balaban J connectivity index is 2.05. The van der Waals surface area contributed by atoms with E-state index in [1.54, 1.807) is 0 Å². The second kappa shape index (κ2) is 5.13. The molecule has 1 atom stereocenters. The predicted molar refractivity (Wildman–Crippen MR) is 68.0 cm³/mol. The van der Waals surface area contributed by atoms with Gasteiger partial charge in [-0.25, -0.2) is 0 Å². The maximum absolute atomic E-state index is 3.48. The molecule has 1 aliphatic heterocycles. The maximum Gasteiger partial charge on any atom is 0.0319 e. The number of likely N-dealkylation sites (tertiary alicyclic amines) is 1. The average Bonchev–Trinajstić information content (AvgIpc) is 2.30. The number of halogens is 1. The van der Waals surface area contributed by atoms with Crippen LogP contribution in [0.5, 0.6) is 0 Å². The van der Waals surface area contributed by atoms with Crippen molar-refractivity contribution >= 4 is 15.9 Å². The molecule has 1 nitrogen and oxygen atoms in total. The summed E-state index contributed by atoms with van der Waals surface area (Å²) in [5.74, 6) is 0. The summed E-state index contributed by atoms with van der Waals surface area (Å²) in [7, 11) is 0. The van der Waals surface area contributed by atoms with Crippen LogP contribution in [-0.2, 0) is 0 Å². The van der Waals surface area contributed by atoms with E-state index < -0.39 is 0 Å². The molecule has 0 amide bonds. The third-order valence-electron chi connectivity index (χ3n) is 3.29. The Kier molecular flexibility index (Phi) is 3.81. The lowest BCUT2D eigenvalue weighted by atomic mass is 10.0. The van der Waals surface area contributed by atoms with Gasteiger partial charge in [0, 0.05) is 10.5 Å². The Hall–Kier alpha value is -0.340. The smallest absolute Gasteiger partial charge is 0.0319 e. The summed E-state index contributed by atoms with van der Waals surface area (Å²) >= 11 is 3.48. The van der Waals surface area contributed by atoms with Crippen LogP contribution in [0.3, 0.4) is 0 Å². The van der Waals surface area contributed by atoms with Crippen molar-refractivity contribution in [1.29, 1.82) is 0 Å². The van der Waals surface area contributed by atoms with E-state index in [-0.39, 0.29) is 0 Å². The molecule has 82 valence electrons. The van der Waals surface area contributed by atoms with Gasteiger partial charge in [-0.3, -0.25) is 4.90 Å². The van der Waals surface area contributed by atoms with E-state index in [9.17, 15) is 0 Å². The SMILES string of the molecule is C[C@H](c1ccc(Br)cc1)N1CCCCC1. The van der Waals surface area contributed by atoms with Crippen LogP contribution in [0.15, 0.2) is 28.7 Å². The van der Waals surface area contributed by atoms with Gasteiger partial charge in [0.05, 0.1) is 0 Å². The molecule has 1 aliphatic rings. The number of rotatable bonds is 2. The van der Waals surface area contributed by atoms with Gasteiger partial charge < -0.3 is 0 Å². The molecular formula is C13H18BrN. The summed E-state index contributed by atoms with van der Waals surface area (Å²) in [6.45, 7) is 4.84. The molecule has 1 aromatic carbocycles. The zero-order chi connectivity index (χ0) is 10.7. The van der Waals surface area contributed by atoms with Crippen molar-refractivity contribution in [1.82, 2.24) is 4.90 Å². The van der Waals surface area contributed by atoms with Crippen molar-refractivity contribution in [3.8, 4) is 0 Å². The molecule has 2 rings (SSSR count). The van der Waals surface area contributed by atoms with Crippen molar-refractivity contribution in [3.63, 3.8) is 0 Å². The highest BCUT2D eigenvalue weighted by atomic mass is 79.9. The van der Waals surface area contributed by atoms with E-state index >= 15 is 0 Å². The molecule has 1 heterocycles. The zero-order valence-electron chi connectivity index (χ0n) is 9.25. The maximum atomic E-state index is 3.48. The van der Waals surface area contributed by atoms with E-state index in [1.807, 2.05) is 0 Å². The largest absolute Gasteiger partial charge is 0.297 e. The first-order valence-corrected chi connectivity index (χ1v) is 6.56. The van der Waals surface area contributed by atoms with Crippen molar-refractivity contribution in [2.75, 3.05) is 13.1 Å². The molecule has 1 aromatic rings. The molecule has 0 radical (unpaired) electrons. The van der Waals surface area contributed by atoms with Gasteiger partial charge in [0.1, 0.15) is 0 Å². The molecule has 2 heteroatoms. The van der Waals surface area contributed by atoms with Gasteiger partial charge in [-0.05, 0) is 50.6 Å². The molecule has 0 saturated carbocycles. The standard InChI is InChI=1S/C13H18BrN/c1-11(15-9-3-2-4-10-15)12-5-7-13(14)8-6-12/h5-8,11H,2-4,9-10H2,1H3/t11-/m1/s1. The first kappa shape index (κ1) is 11.2. The van der Waals surface area contributed by atoms with E-state index in [0.717, 1.165) is 4.47 Å². The summed E-state index contributed by atoms with van der Waals surface area (Å²) in [5, 5.41) is 0. The molecule has 0 unspecified atom stereocenters. The molecule has 0 N–H and O–H groups in total. The van der Waals surface area contributed by atoms with Gasteiger partial charge in [-0.2, -0.15) is 0 Å². The van der Waals surface area contributed by atoms with Crippen molar-refractivity contribution in [3.05, 3.63) is 34.3 Å². The van der Waals surface area contributed by atoms with E-state index in [4.69, 9.17) is 0 Å². The van der Waals surface area contributed by atoms with Crippen LogP contribution in [0, 0.1) is 0 Å². The van der Waals surface area contributed by atoms with Gasteiger partial charge >= 0.3 is 0 Å². The third-order valence-corrected chi connectivity index (χ3v) is 3.82. The monoisotopic (exact) mass is 267 g/mol. The summed E-state index contributed by atoms with van der Waals surface area (Å²) in [4.78, 5) is 2.59. The topological polar surface area (TPSA) is 3.24 Å². The Morgan fingerprint density at radius 2 is 1.67 bits per heavy atom. The Labute approximate surface area is 101 Å². The summed E-state index contributed by atoms with van der Waals surface area (Å²) in [6.07, 6.45) is 4.13. The predicted octanol–water partition coefficient (Wildman–Crippen LogP) is 4.00. The van der Waals surface area contributed by atoms with Crippen LogP contribution in [-0.4, -0.2) is 18.0 Å². The minimum absolute atomic E-state index is 0.568. The fourth-order valence-electron chi connectivity index (χ4n) is 2.26. The van der Waals surface area contributed by atoms with Crippen molar-refractivity contribution in [2.24, 2.45) is 0 Å². The second-order valence-electron chi connectivity index (χ2n) is 4.32. The lowest BCUT2D eigenvalue weighted by molar-refractivity contribution is 0.175. The van der Waals surface area contributed by atoms with Gasteiger partial charge in [0.2, 0.25) is 0 Å². The first-order valence-electron chi connectivity index (χ1n) is 5.77. The van der Waals surface area contributed by atoms with Crippen LogP contribution >= 0.6 is 15.9 Å². The van der Waals surface area contributed by atoms with E-state index in [2.05, 4.69) is 52.0 Å². The quantitative estimate of drug-likeness (QED) is 0.783. The van der Waals surface area contributed by atoms with Crippen molar-refractivity contribution in [2.45, 2.75) is 32.2 Å². The zero-order valence-corrected chi connectivity index (χ0v) is 10.8.